The van der Waals surface area contributed by atoms with Crippen molar-refractivity contribution < 1.29 is 5.11 Å². The summed E-state index contributed by atoms with van der Waals surface area (Å²) in [4.78, 5) is 4.09. The van der Waals surface area contributed by atoms with Crippen molar-refractivity contribution >= 4 is 29.4 Å². The number of anilines is 1. The molecule has 0 aliphatic heterocycles. The molecule has 1 aromatic heterocycles. The predicted molar refractivity (Wildman–Crippen MR) is 60.9 cm³/mol. The summed E-state index contributed by atoms with van der Waals surface area (Å²) in [7, 11) is 0. The minimum Gasteiger partial charge on any atom is -0.507 e. The summed E-state index contributed by atoms with van der Waals surface area (Å²) in [6.45, 7) is 0. The van der Waals surface area contributed by atoms with Gasteiger partial charge in [-0.2, -0.15) is 0 Å². The molecule has 5 heteroatoms. The van der Waals surface area contributed by atoms with E-state index in [0.29, 0.717) is 11.3 Å². The van der Waals surface area contributed by atoms with Gasteiger partial charge < -0.3 is 10.8 Å². The Hall–Kier alpha value is -1.26. The van der Waals surface area contributed by atoms with Crippen LogP contribution in [-0.2, 0) is 0 Å². The molecule has 0 atom stereocenters. The van der Waals surface area contributed by atoms with Crippen LogP contribution in [0.1, 0.15) is 0 Å². The smallest absolute Gasteiger partial charge is 0.129 e. The van der Waals surface area contributed by atoms with Crippen LogP contribution in [0, 0.1) is 0 Å². The molecule has 0 spiro atoms. The van der Waals surface area contributed by atoms with Crippen molar-refractivity contribution in [1.82, 2.24) is 4.98 Å². The molecule has 0 unspecified atom stereocenters. The standard InChI is InChI=1S/C9H8N2OS.ClH/c10-6-2-1-3-7(12)8(6)9-11-4-5-13-9;/h1-5,12H,10H2;1H. The number of nitrogens with two attached hydrogens (primary N) is 1. The highest BCUT2D eigenvalue weighted by Crippen LogP contribution is 2.35. The van der Waals surface area contributed by atoms with E-state index in [-0.39, 0.29) is 18.2 Å². The summed E-state index contributed by atoms with van der Waals surface area (Å²) in [6.07, 6.45) is 1.69. The third-order valence-corrected chi connectivity index (χ3v) is 2.51. The molecular formula is C9H9ClN2OS. The van der Waals surface area contributed by atoms with E-state index in [1.807, 2.05) is 5.38 Å². The quantitative estimate of drug-likeness (QED) is 0.738. The molecule has 3 nitrogen and oxygen atoms in total. The van der Waals surface area contributed by atoms with Gasteiger partial charge in [-0.1, -0.05) is 6.07 Å². The predicted octanol–water partition coefficient (Wildman–Crippen LogP) is 2.52. The first-order valence-corrected chi connectivity index (χ1v) is 4.64. The number of aromatic hydroxyl groups is 1. The fourth-order valence-electron chi connectivity index (χ4n) is 1.14. The van der Waals surface area contributed by atoms with Gasteiger partial charge in [-0.15, -0.1) is 23.7 Å². The highest BCUT2D eigenvalue weighted by Gasteiger charge is 2.09. The van der Waals surface area contributed by atoms with Gasteiger partial charge in [-0.25, -0.2) is 4.98 Å². The van der Waals surface area contributed by atoms with Gasteiger partial charge in [0.1, 0.15) is 10.8 Å². The summed E-state index contributed by atoms with van der Waals surface area (Å²) in [6, 6.07) is 5.06. The van der Waals surface area contributed by atoms with E-state index in [0.717, 1.165) is 5.01 Å². The van der Waals surface area contributed by atoms with Gasteiger partial charge in [0.2, 0.25) is 0 Å². The number of halogens is 1. The summed E-state index contributed by atoms with van der Waals surface area (Å²) >= 11 is 1.45. The van der Waals surface area contributed by atoms with Gasteiger partial charge >= 0.3 is 0 Å². The molecule has 0 bridgehead atoms. The zero-order valence-electron chi connectivity index (χ0n) is 7.18. The molecule has 1 heterocycles. The van der Waals surface area contributed by atoms with E-state index < -0.39 is 0 Å². The second kappa shape index (κ2) is 4.30. The first-order valence-electron chi connectivity index (χ1n) is 3.76. The number of phenols is 1. The largest absolute Gasteiger partial charge is 0.507 e. The van der Waals surface area contributed by atoms with Crippen molar-refractivity contribution in [1.29, 1.82) is 0 Å². The fourth-order valence-corrected chi connectivity index (χ4v) is 1.85. The minimum absolute atomic E-state index is 0. The molecule has 0 saturated heterocycles. The monoisotopic (exact) mass is 228 g/mol. The minimum atomic E-state index is 0. The molecular weight excluding hydrogens is 220 g/mol. The molecule has 2 rings (SSSR count). The highest BCUT2D eigenvalue weighted by molar-refractivity contribution is 7.13. The van der Waals surface area contributed by atoms with Crippen LogP contribution >= 0.6 is 23.7 Å². The van der Waals surface area contributed by atoms with Crippen molar-refractivity contribution in [2.45, 2.75) is 0 Å². The second-order valence-electron chi connectivity index (χ2n) is 2.58. The summed E-state index contributed by atoms with van der Waals surface area (Å²) < 4.78 is 0. The number of nitrogens with zero attached hydrogens (tertiary/aromatic N) is 1. The topological polar surface area (TPSA) is 59.1 Å². The van der Waals surface area contributed by atoms with E-state index >= 15 is 0 Å². The second-order valence-corrected chi connectivity index (χ2v) is 3.47. The third-order valence-electron chi connectivity index (χ3n) is 1.72. The Kier molecular flexibility index (Phi) is 3.33. The van der Waals surface area contributed by atoms with Gasteiger partial charge in [0, 0.05) is 17.3 Å². The van der Waals surface area contributed by atoms with Crippen molar-refractivity contribution in [2.75, 3.05) is 5.73 Å². The maximum atomic E-state index is 9.55. The van der Waals surface area contributed by atoms with Crippen molar-refractivity contribution in [3.05, 3.63) is 29.8 Å². The Morgan fingerprint density at radius 3 is 2.71 bits per heavy atom. The number of nitrogen functional groups attached to an aromatic ring is 1. The van der Waals surface area contributed by atoms with Gasteiger partial charge in [0.25, 0.3) is 0 Å². The normalized spacial score (nSPS) is 9.43. The lowest BCUT2D eigenvalue weighted by molar-refractivity contribution is 0.477. The van der Waals surface area contributed by atoms with Gasteiger partial charge in [0.15, 0.2) is 0 Å². The molecule has 0 aliphatic rings. The van der Waals surface area contributed by atoms with Crippen molar-refractivity contribution in [3.63, 3.8) is 0 Å². The maximum absolute atomic E-state index is 9.55. The van der Waals surface area contributed by atoms with E-state index in [1.54, 1.807) is 24.4 Å². The van der Waals surface area contributed by atoms with Crippen LogP contribution in [0.25, 0.3) is 10.6 Å². The molecule has 0 fully saturated rings. The number of hydrogen-bond acceptors (Lipinski definition) is 4. The molecule has 2 aromatic rings. The van der Waals surface area contributed by atoms with Crippen LogP contribution in [0.15, 0.2) is 29.8 Å². The molecule has 0 amide bonds. The van der Waals surface area contributed by atoms with Crippen LogP contribution in [-0.4, -0.2) is 10.1 Å². The molecule has 0 radical (unpaired) electrons. The highest BCUT2D eigenvalue weighted by atomic mass is 35.5. The zero-order valence-corrected chi connectivity index (χ0v) is 8.81. The third kappa shape index (κ3) is 1.81. The Bertz CT molecular complexity index is 397. The van der Waals surface area contributed by atoms with Crippen molar-refractivity contribution in [2.24, 2.45) is 0 Å². The lowest BCUT2D eigenvalue weighted by atomic mass is 10.1. The first kappa shape index (κ1) is 10.8. The summed E-state index contributed by atoms with van der Waals surface area (Å²) in [5.41, 5.74) is 6.89. The molecule has 1 aromatic carbocycles. The van der Waals surface area contributed by atoms with Crippen LogP contribution in [0.3, 0.4) is 0 Å². The Balaban J connectivity index is 0.000000980. The van der Waals surface area contributed by atoms with E-state index in [1.165, 1.54) is 11.3 Å². The van der Waals surface area contributed by atoms with Gasteiger partial charge in [-0.05, 0) is 12.1 Å². The number of phenolic OH excluding ortho intramolecular Hbond substituents is 1. The van der Waals surface area contributed by atoms with E-state index in [4.69, 9.17) is 5.73 Å². The van der Waals surface area contributed by atoms with Crippen LogP contribution in [0.5, 0.6) is 5.75 Å². The fraction of sp³-hybridized carbons (Fsp3) is 0. The maximum Gasteiger partial charge on any atom is 0.129 e. The number of aromatic nitrogens is 1. The van der Waals surface area contributed by atoms with Crippen LogP contribution in [0.4, 0.5) is 5.69 Å². The lowest BCUT2D eigenvalue weighted by Crippen LogP contribution is -1.89. The first-order chi connectivity index (χ1) is 6.29. The Morgan fingerprint density at radius 1 is 1.36 bits per heavy atom. The number of benzene rings is 1. The molecule has 3 N–H and O–H groups in total. The number of hydrogen-bond donors (Lipinski definition) is 2. The van der Waals surface area contributed by atoms with Gasteiger partial charge in [0.05, 0.1) is 5.56 Å². The average molecular weight is 229 g/mol. The van der Waals surface area contributed by atoms with Crippen LogP contribution in [0.2, 0.25) is 0 Å². The van der Waals surface area contributed by atoms with Crippen molar-refractivity contribution in [3.8, 4) is 16.3 Å². The Morgan fingerprint density at radius 2 is 2.14 bits per heavy atom. The van der Waals surface area contributed by atoms with Gasteiger partial charge in [-0.3, -0.25) is 0 Å². The summed E-state index contributed by atoms with van der Waals surface area (Å²) in [5.74, 6) is 0.176. The molecule has 0 saturated carbocycles. The number of thiazole rings is 1. The molecule has 0 aliphatic carbocycles. The molecule has 74 valence electrons. The SMILES string of the molecule is Cl.Nc1cccc(O)c1-c1nccs1. The molecule has 14 heavy (non-hydrogen) atoms. The van der Waals surface area contributed by atoms with E-state index in [2.05, 4.69) is 4.98 Å². The van der Waals surface area contributed by atoms with Crippen LogP contribution < -0.4 is 5.73 Å². The lowest BCUT2D eigenvalue weighted by Gasteiger charge is -2.03. The number of rotatable bonds is 1. The average Bonchev–Trinajstić information content (AvgIpc) is 2.57. The summed E-state index contributed by atoms with van der Waals surface area (Å²) in [5, 5.41) is 12.1. The Labute approximate surface area is 91.6 Å². The van der Waals surface area contributed by atoms with E-state index in [9.17, 15) is 5.11 Å². The zero-order chi connectivity index (χ0) is 9.26.